The highest BCUT2D eigenvalue weighted by Crippen LogP contribution is 2.38. The molecule has 0 atom stereocenters. The van der Waals surface area contributed by atoms with Gasteiger partial charge in [-0.15, -0.1) is 0 Å². The van der Waals surface area contributed by atoms with Crippen molar-refractivity contribution in [1.82, 2.24) is 0 Å². The number of halogens is 2. The molecule has 0 saturated heterocycles. The average molecular weight is 352 g/mol. The molecule has 2 aromatic rings. The molecule has 0 saturated carbocycles. The fraction of sp³-hybridized carbons (Fsp3) is 0. The molecule has 1 heterocycles. The lowest BCUT2D eigenvalue weighted by atomic mass is 10.1. The molecule has 20 heavy (non-hydrogen) atoms. The topological polar surface area (TPSA) is 46.5 Å². The van der Waals surface area contributed by atoms with E-state index in [1.165, 1.54) is 6.07 Å². The fourth-order valence-corrected chi connectivity index (χ4v) is 2.55. The third kappa shape index (κ3) is 2.21. The Morgan fingerprint density at radius 3 is 2.75 bits per heavy atom. The largest absolute Gasteiger partial charge is 0.507 e. The lowest BCUT2D eigenvalue weighted by Crippen LogP contribution is -1.97. The van der Waals surface area contributed by atoms with E-state index in [1.54, 1.807) is 36.4 Å². The van der Waals surface area contributed by atoms with Crippen LogP contribution >= 0.6 is 27.5 Å². The first-order valence-electron chi connectivity index (χ1n) is 5.77. The van der Waals surface area contributed by atoms with Gasteiger partial charge in [-0.2, -0.15) is 0 Å². The van der Waals surface area contributed by atoms with Gasteiger partial charge in [0, 0.05) is 0 Å². The molecule has 1 N–H and O–H groups in total. The Morgan fingerprint density at radius 1 is 1.25 bits per heavy atom. The van der Waals surface area contributed by atoms with Crippen molar-refractivity contribution in [3.8, 4) is 11.5 Å². The van der Waals surface area contributed by atoms with Crippen LogP contribution < -0.4 is 4.74 Å². The molecule has 0 aliphatic carbocycles. The highest BCUT2D eigenvalue weighted by atomic mass is 79.9. The summed E-state index contributed by atoms with van der Waals surface area (Å²) in [5, 5.41) is 9.86. The molecule has 0 bridgehead atoms. The van der Waals surface area contributed by atoms with E-state index >= 15 is 0 Å². The Morgan fingerprint density at radius 2 is 2.05 bits per heavy atom. The number of phenolic OH excluding ortho intramolecular Hbond substituents is 1. The normalized spacial score (nSPS) is 15.3. The van der Waals surface area contributed by atoms with Crippen LogP contribution in [-0.4, -0.2) is 10.9 Å². The number of fused-ring (bicyclic) bond motifs is 1. The smallest absolute Gasteiger partial charge is 0.232 e. The van der Waals surface area contributed by atoms with Gasteiger partial charge in [0.05, 0.1) is 15.1 Å². The van der Waals surface area contributed by atoms with E-state index in [2.05, 4.69) is 15.9 Å². The number of phenols is 1. The van der Waals surface area contributed by atoms with E-state index in [1.807, 2.05) is 0 Å². The molecular formula is C15H8BrClO3. The second-order valence-electron chi connectivity index (χ2n) is 4.27. The van der Waals surface area contributed by atoms with Crippen molar-refractivity contribution in [2.75, 3.05) is 0 Å². The predicted molar refractivity (Wildman–Crippen MR) is 80.2 cm³/mol. The van der Waals surface area contributed by atoms with Gasteiger partial charge in [0.25, 0.3) is 0 Å². The second-order valence-corrected chi connectivity index (χ2v) is 5.53. The van der Waals surface area contributed by atoms with Crippen molar-refractivity contribution in [3.05, 3.63) is 62.8 Å². The number of carbonyl (C=O) groups excluding carboxylic acids is 1. The fourth-order valence-electron chi connectivity index (χ4n) is 1.94. The zero-order valence-corrected chi connectivity index (χ0v) is 12.4. The molecule has 1 aliphatic heterocycles. The van der Waals surface area contributed by atoms with Crippen molar-refractivity contribution in [1.29, 1.82) is 0 Å². The summed E-state index contributed by atoms with van der Waals surface area (Å²) in [7, 11) is 0. The molecule has 2 aromatic carbocycles. The van der Waals surface area contributed by atoms with E-state index < -0.39 is 0 Å². The summed E-state index contributed by atoms with van der Waals surface area (Å²) < 4.78 is 6.07. The molecule has 3 rings (SSSR count). The number of benzene rings is 2. The molecule has 5 heteroatoms. The Bertz CT molecular complexity index is 753. The Balaban J connectivity index is 2.01. The molecule has 0 spiro atoms. The summed E-state index contributed by atoms with van der Waals surface area (Å²) in [6.45, 7) is 0. The van der Waals surface area contributed by atoms with Crippen LogP contribution in [0.5, 0.6) is 11.5 Å². The molecule has 0 fully saturated rings. The highest BCUT2D eigenvalue weighted by molar-refractivity contribution is 9.10. The monoisotopic (exact) mass is 350 g/mol. The van der Waals surface area contributed by atoms with Crippen molar-refractivity contribution < 1.29 is 14.6 Å². The van der Waals surface area contributed by atoms with Crippen LogP contribution in [0.25, 0.3) is 6.08 Å². The number of ketones is 1. The van der Waals surface area contributed by atoms with Crippen molar-refractivity contribution >= 4 is 39.4 Å². The van der Waals surface area contributed by atoms with E-state index in [0.29, 0.717) is 20.8 Å². The minimum absolute atomic E-state index is 0.136. The molecular weight excluding hydrogens is 344 g/mol. The van der Waals surface area contributed by atoms with Crippen LogP contribution in [0.15, 0.2) is 46.6 Å². The second kappa shape index (κ2) is 4.96. The number of carbonyl (C=O) groups is 1. The minimum atomic E-state index is -0.202. The summed E-state index contributed by atoms with van der Waals surface area (Å²) in [6.07, 6.45) is 1.61. The van der Waals surface area contributed by atoms with Gasteiger partial charge >= 0.3 is 0 Å². The maximum atomic E-state index is 12.2. The summed E-state index contributed by atoms with van der Waals surface area (Å²) in [6, 6.07) is 9.99. The van der Waals surface area contributed by atoms with Crippen LogP contribution in [0.2, 0.25) is 5.02 Å². The summed E-state index contributed by atoms with van der Waals surface area (Å²) >= 11 is 9.23. The Kier molecular flexibility index (Phi) is 3.28. The summed E-state index contributed by atoms with van der Waals surface area (Å²) in [5.41, 5.74) is 1.20. The molecule has 0 amide bonds. The Labute approximate surface area is 128 Å². The Hall–Kier alpha value is -1.78. The number of hydrogen-bond donors (Lipinski definition) is 1. The minimum Gasteiger partial charge on any atom is -0.507 e. The third-order valence-corrected chi connectivity index (χ3v) is 3.85. The number of ether oxygens (including phenoxy) is 1. The zero-order valence-electron chi connectivity index (χ0n) is 10.1. The number of allylic oxidation sites excluding steroid dienone is 1. The van der Waals surface area contributed by atoms with E-state index in [-0.39, 0.29) is 17.3 Å². The molecule has 3 nitrogen and oxygen atoms in total. The summed E-state index contributed by atoms with van der Waals surface area (Å²) in [5.74, 6) is 0.540. The standard InChI is InChI=1S/C15H8BrClO3/c16-10-6-8(4-5-12(10)18)7-13-14(19)9-2-1-3-11(17)15(9)20-13/h1-7,18H. The number of aromatic hydroxyl groups is 1. The first-order valence-corrected chi connectivity index (χ1v) is 6.94. The predicted octanol–water partition coefficient (Wildman–Crippen LogP) is 4.42. The number of para-hydroxylation sites is 1. The molecule has 100 valence electrons. The van der Waals surface area contributed by atoms with Gasteiger partial charge in [0.15, 0.2) is 11.5 Å². The van der Waals surface area contributed by atoms with Crippen LogP contribution in [0.3, 0.4) is 0 Å². The van der Waals surface area contributed by atoms with Crippen LogP contribution in [0.1, 0.15) is 15.9 Å². The number of rotatable bonds is 1. The maximum absolute atomic E-state index is 12.2. The quantitative estimate of drug-likeness (QED) is 0.773. The van der Waals surface area contributed by atoms with Crippen molar-refractivity contribution in [2.45, 2.75) is 0 Å². The van der Waals surface area contributed by atoms with Crippen LogP contribution in [-0.2, 0) is 0 Å². The first kappa shape index (κ1) is 13.2. The first-order chi connectivity index (χ1) is 9.56. The third-order valence-electron chi connectivity index (χ3n) is 2.92. The van der Waals surface area contributed by atoms with Crippen LogP contribution in [0, 0.1) is 0 Å². The van der Waals surface area contributed by atoms with Gasteiger partial charge < -0.3 is 9.84 Å². The van der Waals surface area contributed by atoms with E-state index in [0.717, 1.165) is 5.56 Å². The molecule has 0 aromatic heterocycles. The number of hydrogen-bond acceptors (Lipinski definition) is 3. The maximum Gasteiger partial charge on any atom is 0.232 e. The average Bonchev–Trinajstić information content (AvgIpc) is 2.73. The van der Waals surface area contributed by atoms with Gasteiger partial charge in [-0.05, 0) is 51.8 Å². The van der Waals surface area contributed by atoms with Gasteiger partial charge in [0.1, 0.15) is 5.75 Å². The highest BCUT2D eigenvalue weighted by Gasteiger charge is 2.28. The van der Waals surface area contributed by atoms with E-state index in [4.69, 9.17) is 16.3 Å². The van der Waals surface area contributed by atoms with Crippen molar-refractivity contribution in [3.63, 3.8) is 0 Å². The molecule has 0 radical (unpaired) electrons. The van der Waals surface area contributed by atoms with Gasteiger partial charge in [-0.1, -0.05) is 23.7 Å². The lowest BCUT2D eigenvalue weighted by molar-refractivity contribution is 0.101. The zero-order chi connectivity index (χ0) is 14.3. The van der Waals surface area contributed by atoms with Gasteiger partial charge in [-0.25, -0.2) is 0 Å². The van der Waals surface area contributed by atoms with Gasteiger partial charge in [-0.3, -0.25) is 4.79 Å². The number of Topliss-reactive ketones (excluding diaryl/α,β-unsaturated/α-hetero) is 1. The summed E-state index contributed by atoms with van der Waals surface area (Å²) in [4.78, 5) is 12.2. The van der Waals surface area contributed by atoms with E-state index in [9.17, 15) is 9.90 Å². The SMILES string of the molecule is O=C1C(=Cc2ccc(O)c(Br)c2)Oc2c(Cl)cccc21. The molecule has 1 aliphatic rings. The van der Waals surface area contributed by atoms with Gasteiger partial charge in [0.2, 0.25) is 5.78 Å². The van der Waals surface area contributed by atoms with Crippen molar-refractivity contribution in [2.24, 2.45) is 0 Å². The molecule has 0 unspecified atom stereocenters. The lowest BCUT2D eigenvalue weighted by Gasteiger charge is -2.01. The van der Waals surface area contributed by atoms with Crippen LogP contribution in [0.4, 0.5) is 0 Å².